The maximum atomic E-state index is 12.5. The van der Waals surface area contributed by atoms with Crippen molar-refractivity contribution in [1.29, 1.82) is 0 Å². The van der Waals surface area contributed by atoms with E-state index in [1.165, 1.54) is 12.1 Å². The van der Waals surface area contributed by atoms with Gasteiger partial charge in [-0.15, -0.1) is 0 Å². The van der Waals surface area contributed by atoms with Crippen molar-refractivity contribution in [2.24, 2.45) is 0 Å². The van der Waals surface area contributed by atoms with Crippen molar-refractivity contribution in [1.82, 2.24) is 0 Å². The lowest BCUT2D eigenvalue weighted by Crippen LogP contribution is -2.12. The molecule has 0 bridgehead atoms. The van der Waals surface area contributed by atoms with Crippen LogP contribution in [0, 0.1) is 13.8 Å². The predicted molar refractivity (Wildman–Crippen MR) is 88.3 cm³/mol. The third kappa shape index (κ3) is 4.04. The Morgan fingerprint density at radius 1 is 0.957 bits per heavy atom. The molecular formula is C15H15ClO5S2. The molecule has 23 heavy (non-hydrogen) atoms. The third-order valence-corrected chi connectivity index (χ3v) is 5.97. The molecule has 124 valence electrons. The van der Waals surface area contributed by atoms with Gasteiger partial charge in [0, 0.05) is 6.26 Å². The molecule has 8 heteroatoms. The van der Waals surface area contributed by atoms with Crippen LogP contribution in [-0.2, 0) is 20.0 Å². The summed E-state index contributed by atoms with van der Waals surface area (Å²) in [6, 6.07) is 8.60. The predicted octanol–water partition coefficient (Wildman–Crippen LogP) is 3.13. The Hall–Kier alpha value is -1.57. The fraction of sp³-hybridized carbons (Fsp3) is 0.200. The first-order valence-electron chi connectivity index (χ1n) is 6.52. The average Bonchev–Trinajstić information content (AvgIpc) is 2.41. The van der Waals surface area contributed by atoms with Gasteiger partial charge in [0.1, 0.15) is 10.6 Å². The molecule has 0 unspecified atom stereocenters. The van der Waals surface area contributed by atoms with Crippen LogP contribution in [0.25, 0.3) is 0 Å². The van der Waals surface area contributed by atoms with Gasteiger partial charge in [-0.1, -0.05) is 23.7 Å². The summed E-state index contributed by atoms with van der Waals surface area (Å²) >= 11 is 5.91. The lowest BCUT2D eigenvalue weighted by Gasteiger charge is -2.12. The highest BCUT2D eigenvalue weighted by Gasteiger charge is 2.23. The second kappa shape index (κ2) is 6.14. The van der Waals surface area contributed by atoms with Crippen molar-refractivity contribution < 1.29 is 21.0 Å². The van der Waals surface area contributed by atoms with Gasteiger partial charge in [0.15, 0.2) is 9.84 Å². The topological polar surface area (TPSA) is 77.5 Å². The molecule has 2 rings (SSSR count). The number of halogens is 1. The fourth-order valence-electron chi connectivity index (χ4n) is 1.87. The first kappa shape index (κ1) is 17.8. The summed E-state index contributed by atoms with van der Waals surface area (Å²) in [7, 11) is -7.83. The van der Waals surface area contributed by atoms with E-state index in [-0.39, 0.29) is 20.6 Å². The Morgan fingerprint density at radius 3 is 2.22 bits per heavy atom. The van der Waals surface area contributed by atoms with E-state index in [0.717, 1.165) is 17.9 Å². The third-order valence-electron chi connectivity index (χ3n) is 3.14. The molecule has 0 saturated heterocycles. The largest absolute Gasteiger partial charge is 0.379 e. The van der Waals surface area contributed by atoms with E-state index < -0.39 is 20.0 Å². The molecule has 0 N–H and O–H groups in total. The molecule has 0 atom stereocenters. The molecule has 0 amide bonds. The molecular weight excluding hydrogens is 360 g/mol. The van der Waals surface area contributed by atoms with Crippen molar-refractivity contribution in [2.45, 2.75) is 23.6 Å². The summed E-state index contributed by atoms with van der Waals surface area (Å²) in [5.41, 5.74) is 1.46. The number of rotatable bonds is 4. The molecule has 5 nitrogen and oxygen atoms in total. The number of hydrogen-bond donors (Lipinski definition) is 0. The van der Waals surface area contributed by atoms with Crippen LogP contribution in [-0.4, -0.2) is 23.1 Å². The summed E-state index contributed by atoms with van der Waals surface area (Å²) in [5, 5.41) is -0.109. The van der Waals surface area contributed by atoms with Gasteiger partial charge in [0.05, 0.1) is 9.92 Å². The van der Waals surface area contributed by atoms with Crippen LogP contribution >= 0.6 is 11.6 Å². The summed E-state index contributed by atoms with van der Waals surface area (Å²) in [5.74, 6) is 0.172. The molecule has 0 saturated carbocycles. The van der Waals surface area contributed by atoms with E-state index >= 15 is 0 Å². The zero-order chi connectivity index (χ0) is 17.4. The summed E-state index contributed by atoms with van der Waals surface area (Å²) in [4.78, 5) is -0.534. The number of hydrogen-bond acceptors (Lipinski definition) is 5. The highest BCUT2D eigenvalue weighted by atomic mass is 35.5. The first-order valence-corrected chi connectivity index (χ1v) is 10.2. The van der Waals surface area contributed by atoms with E-state index in [4.69, 9.17) is 15.8 Å². The number of benzene rings is 2. The minimum absolute atomic E-state index is 0.109. The average molecular weight is 375 g/mol. The second-order valence-corrected chi connectivity index (χ2v) is 9.11. The maximum absolute atomic E-state index is 12.5. The molecule has 0 radical (unpaired) electrons. The minimum Gasteiger partial charge on any atom is -0.379 e. The Balaban J connectivity index is 2.54. The first-order chi connectivity index (χ1) is 10.5. The molecule has 0 aliphatic carbocycles. The van der Waals surface area contributed by atoms with Crippen molar-refractivity contribution >= 4 is 31.6 Å². The van der Waals surface area contributed by atoms with Crippen molar-refractivity contribution in [3.05, 3.63) is 52.5 Å². The Bertz CT molecular complexity index is 963. The lowest BCUT2D eigenvalue weighted by atomic mass is 10.1. The normalized spacial score (nSPS) is 12.2. The smallest absolute Gasteiger partial charge is 0.340 e. The van der Waals surface area contributed by atoms with Gasteiger partial charge >= 0.3 is 10.1 Å². The van der Waals surface area contributed by atoms with Crippen LogP contribution in [0.4, 0.5) is 0 Å². The molecule has 0 fully saturated rings. The standard InChI is InChI=1S/C15H15ClO5S2/c1-10-4-5-11(2)14(8-10)21-23(19,20)15-9-12(22(3,17)18)6-7-13(15)16/h4-9H,1-3H3. The molecule has 0 aromatic heterocycles. The SMILES string of the molecule is Cc1ccc(C)c(OS(=O)(=O)c2cc(S(C)(=O)=O)ccc2Cl)c1. The van der Waals surface area contributed by atoms with Gasteiger partial charge in [-0.05, 0) is 49.2 Å². The summed E-state index contributed by atoms with van der Waals surface area (Å²) in [6.45, 7) is 3.51. The molecule has 0 aliphatic rings. The van der Waals surface area contributed by atoms with Crippen LogP contribution in [0.1, 0.15) is 11.1 Å². The van der Waals surface area contributed by atoms with E-state index in [1.807, 2.05) is 6.07 Å². The van der Waals surface area contributed by atoms with Crippen molar-refractivity contribution in [2.75, 3.05) is 6.26 Å². The summed E-state index contributed by atoms with van der Waals surface area (Å²) < 4.78 is 53.3. The number of sulfone groups is 1. The Morgan fingerprint density at radius 2 is 1.61 bits per heavy atom. The highest BCUT2D eigenvalue weighted by molar-refractivity contribution is 7.90. The molecule has 0 aliphatic heterocycles. The molecule has 0 spiro atoms. The van der Waals surface area contributed by atoms with Crippen molar-refractivity contribution in [3.63, 3.8) is 0 Å². The van der Waals surface area contributed by atoms with Crippen LogP contribution in [0.2, 0.25) is 5.02 Å². The van der Waals surface area contributed by atoms with E-state index in [2.05, 4.69) is 0 Å². The fourth-order valence-corrected chi connectivity index (χ4v) is 4.07. The maximum Gasteiger partial charge on any atom is 0.340 e. The highest BCUT2D eigenvalue weighted by Crippen LogP contribution is 2.29. The van der Waals surface area contributed by atoms with Crippen LogP contribution in [0.3, 0.4) is 0 Å². The molecule has 0 heterocycles. The lowest BCUT2D eigenvalue weighted by molar-refractivity contribution is 0.484. The zero-order valence-electron chi connectivity index (χ0n) is 12.7. The van der Waals surface area contributed by atoms with Gasteiger partial charge in [0.2, 0.25) is 0 Å². The van der Waals surface area contributed by atoms with E-state index in [1.54, 1.807) is 26.0 Å². The quantitative estimate of drug-likeness (QED) is 0.768. The summed E-state index contributed by atoms with van der Waals surface area (Å²) in [6.07, 6.45) is 0.984. The van der Waals surface area contributed by atoms with Gasteiger partial charge < -0.3 is 4.18 Å². The minimum atomic E-state index is -4.26. The van der Waals surface area contributed by atoms with Gasteiger partial charge in [0.25, 0.3) is 0 Å². The Kier molecular flexibility index (Phi) is 4.75. The van der Waals surface area contributed by atoms with E-state index in [0.29, 0.717) is 5.56 Å². The zero-order valence-corrected chi connectivity index (χ0v) is 15.1. The number of aryl methyl sites for hydroxylation is 2. The molecule has 2 aromatic carbocycles. The monoisotopic (exact) mass is 374 g/mol. The van der Waals surface area contributed by atoms with Gasteiger partial charge in [-0.3, -0.25) is 0 Å². The van der Waals surface area contributed by atoms with Crippen LogP contribution < -0.4 is 4.18 Å². The van der Waals surface area contributed by atoms with Crippen LogP contribution in [0.5, 0.6) is 5.75 Å². The van der Waals surface area contributed by atoms with Gasteiger partial charge in [-0.25, -0.2) is 8.42 Å². The molecule has 2 aromatic rings. The van der Waals surface area contributed by atoms with E-state index in [9.17, 15) is 16.8 Å². The van der Waals surface area contributed by atoms with Crippen molar-refractivity contribution in [3.8, 4) is 5.75 Å². The van der Waals surface area contributed by atoms with Gasteiger partial charge in [-0.2, -0.15) is 8.42 Å². The second-order valence-electron chi connectivity index (χ2n) is 5.17. The Labute approximate surface area is 140 Å². The van der Waals surface area contributed by atoms with Crippen LogP contribution in [0.15, 0.2) is 46.2 Å².